The molecule has 34 heavy (non-hydrogen) atoms. The van der Waals surface area contributed by atoms with Crippen LogP contribution in [0.2, 0.25) is 0 Å². The van der Waals surface area contributed by atoms with Crippen LogP contribution in [0.1, 0.15) is 10.6 Å². The molecule has 0 bridgehead atoms. The van der Waals surface area contributed by atoms with E-state index in [9.17, 15) is 9.59 Å². The average molecular weight is 502 g/mol. The molecule has 3 heterocycles. The fraction of sp³-hybridized carbons (Fsp3) is 0.292. The topological polar surface area (TPSA) is 85.1 Å². The summed E-state index contributed by atoms with van der Waals surface area (Å²) in [6.07, 6.45) is 0. The van der Waals surface area contributed by atoms with Crippen molar-refractivity contribution in [2.75, 3.05) is 51.4 Å². The van der Waals surface area contributed by atoms with Crippen molar-refractivity contribution in [2.45, 2.75) is 0 Å². The zero-order valence-corrected chi connectivity index (χ0v) is 20.2. The highest BCUT2D eigenvalue weighted by Gasteiger charge is 2.25. The molecule has 2 aromatic heterocycles. The third kappa shape index (κ3) is 4.92. The lowest BCUT2D eigenvalue weighted by Crippen LogP contribution is -2.43. The number of para-hydroxylation sites is 1. The SMILES string of the molecule is COc1ccc2sc(N(CCN3CCOCC3)C(=O)c3cc(=O)c4ccccc4o3)nc2c1.Cl. The second kappa shape index (κ2) is 10.5. The predicted molar refractivity (Wildman–Crippen MR) is 135 cm³/mol. The van der Waals surface area contributed by atoms with Crippen LogP contribution in [-0.4, -0.2) is 62.3 Å². The summed E-state index contributed by atoms with van der Waals surface area (Å²) in [7, 11) is 1.61. The molecule has 178 valence electrons. The highest BCUT2D eigenvalue weighted by molar-refractivity contribution is 7.22. The maximum Gasteiger partial charge on any atom is 0.295 e. The fourth-order valence-corrected chi connectivity index (χ4v) is 4.80. The fourth-order valence-electron chi connectivity index (χ4n) is 3.83. The van der Waals surface area contributed by atoms with Gasteiger partial charge in [-0.05, 0) is 24.3 Å². The molecule has 1 aliphatic heterocycles. The number of morpholine rings is 1. The van der Waals surface area contributed by atoms with Crippen LogP contribution < -0.4 is 15.1 Å². The smallest absolute Gasteiger partial charge is 0.295 e. The molecule has 1 fully saturated rings. The second-order valence-electron chi connectivity index (χ2n) is 7.71. The van der Waals surface area contributed by atoms with E-state index in [0.29, 0.717) is 48.2 Å². The molecule has 10 heteroatoms. The minimum atomic E-state index is -0.392. The number of amides is 1. The number of hydrogen-bond acceptors (Lipinski definition) is 8. The lowest BCUT2D eigenvalue weighted by Gasteiger charge is -2.29. The van der Waals surface area contributed by atoms with Crippen molar-refractivity contribution in [3.05, 3.63) is 64.5 Å². The number of halogens is 1. The van der Waals surface area contributed by atoms with Gasteiger partial charge < -0.3 is 13.9 Å². The molecular formula is C24H24ClN3O5S. The van der Waals surface area contributed by atoms with Crippen molar-refractivity contribution in [3.63, 3.8) is 0 Å². The highest BCUT2D eigenvalue weighted by Crippen LogP contribution is 2.32. The Bertz CT molecular complexity index is 1370. The number of fused-ring (bicyclic) bond motifs is 2. The van der Waals surface area contributed by atoms with Gasteiger partial charge in [-0.15, -0.1) is 12.4 Å². The van der Waals surface area contributed by atoms with Gasteiger partial charge in [-0.1, -0.05) is 23.5 Å². The first-order valence-corrected chi connectivity index (χ1v) is 11.5. The molecule has 0 radical (unpaired) electrons. The van der Waals surface area contributed by atoms with E-state index >= 15 is 0 Å². The molecule has 0 aliphatic carbocycles. The molecule has 0 unspecified atom stereocenters. The molecule has 0 spiro atoms. The van der Waals surface area contributed by atoms with Crippen LogP contribution in [-0.2, 0) is 4.74 Å². The first-order chi connectivity index (χ1) is 16.1. The molecule has 1 aliphatic rings. The van der Waals surface area contributed by atoms with Gasteiger partial charge in [0.1, 0.15) is 11.3 Å². The van der Waals surface area contributed by atoms with Crippen molar-refractivity contribution in [1.82, 2.24) is 9.88 Å². The number of hydrogen-bond donors (Lipinski definition) is 0. The number of benzene rings is 2. The van der Waals surface area contributed by atoms with E-state index in [1.165, 1.54) is 17.4 Å². The summed E-state index contributed by atoms with van der Waals surface area (Å²) < 4.78 is 17.5. The van der Waals surface area contributed by atoms with Crippen molar-refractivity contribution in [2.24, 2.45) is 0 Å². The molecule has 1 saturated heterocycles. The van der Waals surface area contributed by atoms with Gasteiger partial charge in [0, 0.05) is 38.3 Å². The Morgan fingerprint density at radius 3 is 2.76 bits per heavy atom. The molecule has 4 aromatic rings. The highest BCUT2D eigenvalue weighted by atomic mass is 35.5. The molecule has 2 aromatic carbocycles. The normalized spacial score (nSPS) is 14.1. The molecule has 1 amide bonds. The summed E-state index contributed by atoms with van der Waals surface area (Å²) in [4.78, 5) is 34.7. The van der Waals surface area contributed by atoms with Crippen LogP contribution in [0.5, 0.6) is 5.75 Å². The number of carbonyl (C=O) groups is 1. The summed E-state index contributed by atoms with van der Waals surface area (Å²) in [5.74, 6) is 0.306. The number of thiazole rings is 1. The van der Waals surface area contributed by atoms with Gasteiger partial charge in [0.05, 0.1) is 35.9 Å². The van der Waals surface area contributed by atoms with Crippen molar-refractivity contribution in [1.29, 1.82) is 0 Å². The minimum Gasteiger partial charge on any atom is -0.497 e. The Kier molecular flexibility index (Phi) is 7.47. The predicted octanol–water partition coefficient (Wildman–Crippen LogP) is 3.81. The number of ether oxygens (including phenoxy) is 2. The minimum absolute atomic E-state index is 0. The number of rotatable bonds is 6. The van der Waals surface area contributed by atoms with Gasteiger partial charge in [-0.25, -0.2) is 4.98 Å². The number of methoxy groups -OCH3 is 1. The summed E-state index contributed by atoms with van der Waals surface area (Å²) in [6, 6.07) is 13.8. The van der Waals surface area contributed by atoms with E-state index in [0.717, 1.165) is 23.3 Å². The monoisotopic (exact) mass is 501 g/mol. The van der Waals surface area contributed by atoms with Crippen LogP contribution in [0, 0.1) is 0 Å². The van der Waals surface area contributed by atoms with Crippen molar-refractivity contribution in [3.8, 4) is 5.75 Å². The molecule has 5 rings (SSSR count). The standard InChI is InChI=1S/C24H23N3O5S.ClH/c1-30-16-6-7-22-18(14-16)25-24(33-22)27(9-8-26-10-12-31-13-11-26)23(29)21-15-19(28)17-4-2-3-5-20(17)32-21;/h2-7,14-15H,8-13H2,1H3;1H. The molecule has 8 nitrogen and oxygen atoms in total. The first-order valence-electron chi connectivity index (χ1n) is 10.7. The van der Waals surface area contributed by atoms with E-state index in [1.54, 1.807) is 36.3 Å². The number of nitrogens with zero attached hydrogens (tertiary/aromatic N) is 3. The van der Waals surface area contributed by atoms with E-state index < -0.39 is 5.91 Å². The Morgan fingerprint density at radius 1 is 1.18 bits per heavy atom. The molecule has 0 saturated carbocycles. The van der Waals surface area contributed by atoms with Crippen LogP contribution in [0.25, 0.3) is 21.2 Å². The Morgan fingerprint density at radius 2 is 1.97 bits per heavy atom. The summed E-state index contributed by atoms with van der Waals surface area (Å²) in [5, 5.41) is 0.994. The van der Waals surface area contributed by atoms with E-state index in [-0.39, 0.29) is 23.6 Å². The third-order valence-electron chi connectivity index (χ3n) is 5.65. The first kappa shape index (κ1) is 24.2. The zero-order valence-electron chi connectivity index (χ0n) is 18.6. The maximum atomic E-state index is 13.6. The second-order valence-corrected chi connectivity index (χ2v) is 8.72. The lowest BCUT2D eigenvalue weighted by molar-refractivity contribution is 0.0390. The zero-order chi connectivity index (χ0) is 22.8. The summed E-state index contributed by atoms with van der Waals surface area (Å²) in [6.45, 7) is 4.04. The third-order valence-corrected chi connectivity index (χ3v) is 6.71. The molecular weight excluding hydrogens is 478 g/mol. The van der Waals surface area contributed by atoms with Gasteiger partial charge in [0.25, 0.3) is 5.91 Å². The van der Waals surface area contributed by atoms with Crippen molar-refractivity contribution < 1.29 is 18.7 Å². The van der Waals surface area contributed by atoms with E-state index in [2.05, 4.69) is 4.90 Å². The Labute approximate surface area is 206 Å². The van der Waals surface area contributed by atoms with Crippen LogP contribution in [0.4, 0.5) is 5.13 Å². The summed E-state index contributed by atoms with van der Waals surface area (Å²) >= 11 is 1.42. The van der Waals surface area contributed by atoms with Gasteiger partial charge >= 0.3 is 0 Å². The number of aromatic nitrogens is 1. The van der Waals surface area contributed by atoms with Crippen molar-refractivity contribution >= 4 is 56.0 Å². The van der Waals surface area contributed by atoms with E-state index in [1.807, 2.05) is 18.2 Å². The summed E-state index contributed by atoms with van der Waals surface area (Å²) in [5.41, 5.74) is 0.886. The van der Waals surface area contributed by atoms with E-state index in [4.69, 9.17) is 18.9 Å². The Balaban J connectivity index is 0.00000274. The Hall–Kier alpha value is -2.98. The number of carbonyl (C=O) groups excluding carboxylic acids is 1. The van der Waals surface area contributed by atoms with Crippen LogP contribution >= 0.6 is 23.7 Å². The van der Waals surface area contributed by atoms with Gasteiger partial charge in [0.15, 0.2) is 16.3 Å². The van der Waals surface area contributed by atoms with Crippen LogP contribution in [0.15, 0.2) is 57.7 Å². The van der Waals surface area contributed by atoms with Gasteiger partial charge in [0.2, 0.25) is 0 Å². The quantitative estimate of drug-likeness (QED) is 0.397. The largest absolute Gasteiger partial charge is 0.497 e. The van der Waals surface area contributed by atoms with Gasteiger partial charge in [-0.3, -0.25) is 19.4 Å². The lowest BCUT2D eigenvalue weighted by atomic mass is 10.2. The maximum absolute atomic E-state index is 13.6. The molecule has 0 atom stereocenters. The van der Waals surface area contributed by atoms with Crippen LogP contribution in [0.3, 0.4) is 0 Å². The molecule has 0 N–H and O–H groups in total. The van der Waals surface area contributed by atoms with Gasteiger partial charge in [-0.2, -0.15) is 0 Å². The number of anilines is 1. The average Bonchev–Trinajstić information content (AvgIpc) is 3.27.